The first-order chi connectivity index (χ1) is 12.4. The zero-order valence-corrected chi connectivity index (χ0v) is 14.7. The summed E-state index contributed by atoms with van der Waals surface area (Å²) >= 11 is 0. The van der Waals surface area contributed by atoms with Gasteiger partial charge < -0.3 is 42.1 Å². The average molecular weight is 392 g/mol. The fourth-order valence-corrected chi connectivity index (χ4v) is 1.71. The molecule has 5 unspecified atom stereocenters. The SMILES string of the molecule is CC(NC(=O)C(CC(=O)O)NC(=O)C(CO)NC(=O)C(N)C(C)O)C(=O)O. The predicted octanol–water partition coefficient (Wildman–Crippen LogP) is -4.28. The maximum Gasteiger partial charge on any atom is 0.325 e. The Balaban J connectivity index is 5.13. The van der Waals surface area contributed by atoms with Gasteiger partial charge in [0.05, 0.1) is 19.1 Å². The van der Waals surface area contributed by atoms with Gasteiger partial charge in [-0.15, -0.1) is 0 Å². The molecule has 0 saturated carbocycles. The van der Waals surface area contributed by atoms with Crippen LogP contribution in [0.5, 0.6) is 0 Å². The fourth-order valence-electron chi connectivity index (χ4n) is 1.71. The van der Waals surface area contributed by atoms with Gasteiger partial charge >= 0.3 is 11.9 Å². The van der Waals surface area contributed by atoms with Gasteiger partial charge in [0.2, 0.25) is 17.7 Å². The Hall–Kier alpha value is -2.77. The van der Waals surface area contributed by atoms with Crippen LogP contribution in [0.1, 0.15) is 20.3 Å². The van der Waals surface area contributed by atoms with E-state index in [2.05, 4.69) is 0 Å². The van der Waals surface area contributed by atoms with E-state index in [1.165, 1.54) is 6.92 Å². The molecule has 0 radical (unpaired) electrons. The molecule has 0 fully saturated rings. The Morgan fingerprint density at radius 3 is 1.78 bits per heavy atom. The van der Waals surface area contributed by atoms with Gasteiger partial charge in [0.1, 0.15) is 24.2 Å². The number of carbonyl (C=O) groups excluding carboxylic acids is 3. The molecule has 0 aliphatic heterocycles. The van der Waals surface area contributed by atoms with Crippen LogP contribution >= 0.6 is 0 Å². The number of aliphatic hydroxyl groups excluding tert-OH is 2. The van der Waals surface area contributed by atoms with Crippen LogP contribution in [0.15, 0.2) is 0 Å². The minimum absolute atomic E-state index is 0.872. The van der Waals surface area contributed by atoms with E-state index in [9.17, 15) is 34.2 Å². The molecule has 9 N–H and O–H groups in total. The molecule has 0 spiro atoms. The number of rotatable bonds is 11. The van der Waals surface area contributed by atoms with Gasteiger partial charge in [-0.3, -0.25) is 24.0 Å². The smallest absolute Gasteiger partial charge is 0.325 e. The topological polar surface area (TPSA) is 228 Å². The summed E-state index contributed by atoms with van der Waals surface area (Å²) < 4.78 is 0. The molecule has 0 aliphatic rings. The molecule has 0 aromatic carbocycles. The van der Waals surface area contributed by atoms with Crippen molar-refractivity contribution in [3.05, 3.63) is 0 Å². The van der Waals surface area contributed by atoms with Crippen molar-refractivity contribution in [1.82, 2.24) is 16.0 Å². The van der Waals surface area contributed by atoms with E-state index in [0.717, 1.165) is 6.92 Å². The molecule has 27 heavy (non-hydrogen) atoms. The van der Waals surface area contributed by atoms with Crippen molar-refractivity contribution >= 4 is 29.7 Å². The second-order valence-corrected chi connectivity index (χ2v) is 5.74. The molecule has 13 nitrogen and oxygen atoms in total. The van der Waals surface area contributed by atoms with Crippen molar-refractivity contribution in [2.75, 3.05) is 6.61 Å². The summed E-state index contributed by atoms with van der Waals surface area (Å²) in [5.74, 6) is -5.98. The molecule has 154 valence electrons. The summed E-state index contributed by atoms with van der Waals surface area (Å²) in [5.41, 5.74) is 5.39. The highest BCUT2D eigenvalue weighted by molar-refractivity contribution is 5.95. The van der Waals surface area contributed by atoms with Crippen molar-refractivity contribution < 1.29 is 44.4 Å². The Labute approximate surface area is 153 Å². The maximum atomic E-state index is 12.1. The average Bonchev–Trinajstić information content (AvgIpc) is 2.56. The van der Waals surface area contributed by atoms with Crippen molar-refractivity contribution in [3.63, 3.8) is 0 Å². The monoisotopic (exact) mass is 392 g/mol. The number of amides is 3. The number of aliphatic hydroxyl groups is 2. The predicted molar refractivity (Wildman–Crippen MR) is 88.1 cm³/mol. The Bertz CT molecular complexity index is 581. The lowest BCUT2D eigenvalue weighted by molar-refractivity contribution is -0.143. The summed E-state index contributed by atoms with van der Waals surface area (Å²) in [6.07, 6.45) is -2.11. The largest absolute Gasteiger partial charge is 0.481 e. The molecule has 0 saturated heterocycles. The lowest BCUT2D eigenvalue weighted by Crippen LogP contribution is -2.59. The van der Waals surface area contributed by atoms with Crippen LogP contribution in [0, 0.1) is 0 Å². The lowest BCUT2D eigenvalue weighted by atomic mass is 10.1. The molecule has 0 bridgehead atoms. The third-order valence-corrected chi connectivity index (χ3v) is 3.38. The number of nitrogens with two attached hydrogens (primary N) is 1. The van der Waals surface area contributed by atoms with Crippen molar-refractivity contribution in [2.24, 2.45) is 5.73 Å². The van der Waals surface area contributed by atoms with Crippen LogP contribution in [0.25, 0.3) is 0 Å². The molecule has 13 heteroatoms. The molecule has 5 atom stereocenters. The number of hydrogen-bond donors (Lipinski definition) is 8. The highest BCUT2D eigenvalue weighted by Gasteiger charge is 2.31. The van der Waals surface area contributed by atoms with Gasteiger partial charge in [0, 0.05) is 0 Å². The minimum Gasteiger partial charge on any atom is -0.481 e. The van der Waals surface area contributed by atoms with Crippen LogP contribution < -0.4 is 21.7 Å². The summed E-state index contributed by atoms with van der Waals surface area (Å²) in [6, 6.07) is -5.97. The summed E-state index contributed by atoms with van der Waals surface area (Å²) in [4.78, 5) is 57.5. The Morgan fingerprint density at radius 1 is 0.889 bits per heavy atom. The van der Waals surface area contributed by atoms with Gasteiger partial charge in [0.15, 0.2) is 0 Å². The van der Waals surface area contributed by atoms with E-state index in [1.54, 1.807) is 0 Å². The van der Waals surface area contributed by atoms with Crippen molar-refractivity contribution in [2.45, 2.75) is 50.5 Å². The Morgan fingerprint density at radius 2 is 1.37 bits per heavy atom. The van der Waals surface area contributed by atoms with Crippen molar-refractivity contribution in [1.29, 1.82) is 0 Å². The highest BCUT2D eigenvalue weighted by atomic mass is 16.4. The summed E-state index contributed by atoms with van der Waals surface area (Å²) in [7, 11) is 0. The van der Waals surface area contributed by atoms with E-state index in [-0.39, 0.29) is 0 Å². The second kappa shape index (κ2) is 11.1. The van der Waals surface area contributed by atoms with Gasteiger partial charge in [-0.2, -0.15) is 0 Å². The van der Waals surface area contributed by atoms with Crippen LogP contribution in [-0.2, 0) is 24.0 Å². The summed E-state index contributed by atoms with van der Waals surface area (Å²) in [6.45, 7) is 1.46. The fraction of sp³-hybridized carbons (Fsp3) is 0.643. The molecule has 0 aromatic rings. The van der Waals surface area contributed by atoms with Gasteiger partial charge in [-0.1, -0.05) is 0 Å². The molecule has 0 aliphatic carbocycles. The molecular weight excluding hydrogens is 368 g/mol. The standard InChI is InChI=1S/C14H24N4O9/c1-5(14(26)27)16-11(23)7(3-9(21)22)17-12(24)8(4-19)18-13(25)10(15)6(2)20/h5-8,10,19-20H,3-4,15H2,1-2H3,(H,16,23)(H,17,24)(H,18,25)(H,21,22)(H,26,27). The first-order valence-corrected chi connectivity index (χ1v) is 7.80. The second-order valence-electron chi connectivity index (χ2n) is 5.74. The maximum absolute atomic E-state index is 12.1. The van der Waals surface area contributed by atoms with Gasteiger partial charge in [-0.05, 0) is 13.8 Å². The van der Waals surface area contributed by atoms with E-state index in [0.29, 0.717) is 0 Å². The molecule has 0 heterocycles. The van der Waals surface area contributed by atoms with Crippen LogP contribution in [-0.4, -0.2) is 87.0 Å². The minimum atomic E-state index is -1.66. The van der Waals surface area contributed by atoms with E-state index in [4.69, 9.17) is 15.9 Å². The summed E-state index contributed by atoms with van der Waals surface area (Å²) in [5, 5.41) is 42.2. The lowest BCUT2D eigenvalue weighted by Gasteiger charge is -2.23. The zero-order valence-electron chi connectivity index (χ0n) is 14.7. The number of carbonyl (C=O) groups is 5. The van der Waals surface area contributed by atoms with Crippen LogP contribution in [0.3, 0.4) is 0 Å². The van der Waals surface area contributed by atoms with E-state index in [1.807, 2.05) is 16.0 Å². The normalized spacial score (nSPS) is 16.2. The number of carboxylic acids is 2. The van der Waals surface area contributed by atoms with Gasteiger partial charge in [-0.25, -0.2) is 0 Å². The van der Waals surface area contributed by atoms with Gasteiger partial charge in [0.25, 0.3) is 0 Å². The Kier molecular flexibility index (Phi) is 9.92. The molecule has 0 rings (SSSR count). The first kappa shape index (κ1) is 24.2. The number of nitrogens with one attached hydrogen (secondary N) is 3. The quantitative estimate of drug-likeness (QED) is 0.169. The van der Waals surface area contributed by atoms with E-state index < -0.39 is 73.0 Å². The highest BCUT2D eigenvalue weighted by Crippen LogP contribution is 1.98. The third-order valence-electron chi connectivity index (χ3n) is 3.38. The van der Waals surface area contributed by atoms with Crippen molar-refractivity contribution in [3.8, 4) is 0 Å². The van der Waals surface area contributed by atoms with Crippen LogP contribution in [0.2, 0.25) is 0 Å². The molecule has 0 aromatic heterocycles. The number of carboxylic acid groups (broad SMARTS) is 2. The molecule has 3 amide bonds. The number of aliphatic carboxylic acids is 2. The van der Waals surface area contributed by atoms with Crippen LogP contribution in [0.4, 0.5) is 0 Å². The number of hydrogen-bond acceptors (Lipinski definition) is 8. The molecular formula is C14H24N4O9. The third kappa shape index (κ3) is 8.44. The zero-order chi connectivity index (χ0) is 21.3. The van der Waals surface area contributed by atoms with E-state index >= 15 is 0 Å². The first-order valence-electron chi connectivity index (χ1n) is 7.80.